The van der Waals surface area contributed by atoms with Crippen LogP contribution in [0.5, 0.6) is 5.75 Å². The van der Waals surface area contributed by atoms with E-state index in [0.29, 0.717) is 12.5 Å². The lowest BCUT2D eigenvalue weighted by atomic mass is 10.0. The first-order chi connectivity index (χ1) is 10.6. The smallest absolute Gasteiger partial charge is 0.258 e. The Labute approximate surface area is 139 Å². The summed E-state index contributed by atoms with van der Waals surface area (Å²) in [6.07, 6.45) is 0. The molecule has 0 saturated heterocycles. The summed E-state index contributed by atoms with van der Waals surface area (Å²) in [5, 5.41) is 2.86. The fourth-order valence-corrected chi connectivity index (χ4v) is 2.47. The maximum absolute atomic E-state index is 11.9. The van der Waals surface area contributed by atoms with E-state index in [4.69, 9.17) is 4.74 Å². The zero-order chi connectivity index (χ0) is 15.9. The number of carbonyl (C=O) groups is 1. The second-order valence-electron chi connectivity index (χ2n) is 5.39. The molecule has 0 aliphatic heterocycles. The van der Waals surface area contributed by atoms with Crippen LogP contribution < -0.4 is 10.1 Å². The number of ether oxygens (including phenoxy) is 1. The molecule has 2 rings (SSSR count). The molecule has 0 saturated carbocycles. The van der Waals surface area contributed by atoms with Crippen LogP contribution in [-0.4, -0.2) is 12.5 Å². The van der Waals surface area contributed by atoms with E-state index in [2.05, 4.69) is 35.1 Å². The fourth-order valence-electron chi connectivity index (χ4n) is 2.09. The van der Waals surface area contributed by atoms with E-state index in [0.717, 1.165) is 21.3 Å². The van der Waals surface area contributed by atoms with E-state index in [-0.39, 0.29) is 12.5 Å². The van der Waals surface area contributed by atoms with Gasteiger partial charge in [0.2, 0.25) is 0 Å². The minimum atomic E-state index is -0.124. The van der Waals surface area contributed by atoms with Gasteiger partial charge in [0.1, 0.15) is 5.75 Å². The van der Waals surface area contributed by atoms with Crippen molar-refractivity contribution in [3.63, 3.8) is 0 Å². The SMILES string of the molecule is CC(C)c1cc(Br)ccc1OCC(=O)NCc1ccccc1. The van der Waals surface area contributed by atoms with Crippen LogP contribution in [0.25, 0.3) is 0 Å². The lowest BCUT2D eigenvalue weighted by molar-refractivity contribution is -0.123. The Morgan fingerprint density at radius 1 is 1.18 bits per heavy atom. The van der Waals surface area contributed by atoms with Gasteiger partial charge < -0.3 is 10.1 Å². The van der Waals surface area contributed by atoms with Crippen molar-refractivity contribution in [2.45, 2.75) is 26.3 Å². The molecule has 2 aromatic rings. The number of rotatable bonds is 6. The van der Waals surface area contributed by atoms with Crippen molar-refractivity contribution in [1.29, 1.82) is 0 Å². The Morgan fingerprint density at radius 2 is 1.91 bits per heavy atom. The molecular formula is C18H20BrNO2. The summed E-state index contributed by atoms with van der Waals surface area (Å²) in [6, 6.07) is 15.7. The summed E-state index contributed by atoms with van der Waals surface area (Å²) in [7, 11) is 0. The number of hydrogen-bond acceptors (Lipinski definition) is 2. The van der Waals surface area contributed by atoms with Crippen molar-refractivity contribution >= 4 is 21.8 Å². The molecule has 1 N–H and O–H groups in total. The van der Waals surface area contributed by atoms with Gasteiger partial charge in [-0.15, -0.1) is 0 Å². The molecule has 0 aliphatic rings. The van der Waals surface area contributed by atoms with Crippen molar-refractivity contribution in [2.24, 2.45) is 0 Å². The Morgan fingerprint density at radius 3 is 2.59 bits per heavy atom. The third kappa shape index (κ3) is 4.88. The van der Waals surface area contributed by atoms with Crippen molar-refractivity contribution < 1.29 is 9.53 Å². The van der Waals surface area contributed by atoms with E-state index in [1.54, 1.807) is 0 Å². The van der Waals surface area contributed by atoms with E-state index >= 15 is 0 Å². The second kappa shape index (κ2) is 7.99. The van der Waals surface area contributed by atoms with Gasteiger partial charge in [-0.3, -0.25) is 4.79 Å². The van der Waals surface area contributed by atoms with Gasteiger partial charge in [-0.05, 0) is 35.2 Å². The molecule has 0 aromatic heterocycles. The molecule has 3 nitrogen and oxygen atoms in total. The number of hydrogen-bond donors (Lipinski definition) is 1. The lowest BCUT2D eigenvalue weighted by Crippen LogP contribution is -2.28. The molecule has 22 heavy (non-hydrogen) atoms. The summed E-state index contributed by atoms with van der Waals surface area (Å²) in [6.45, 7) is 4.74. The fraction of sp³-hybridized carbons (Fsp3) is 0.278. The van der Waals surface area contributed by atoms with Crippen LogP contribution in [0.1, 0.15) is 30.9 Å². The quantitative estimate of drug-likeness (QED) is 0.834. The molecule has 0 spiro atoms. The molecular weight excluding hydrogens is 342 g/mol. The molecule has 0 atom stereocenters. The Kier molecular flexibility index (Phi) is 6.01. The topological polar surface area (TPSA) is 38.3 Å². The predicted molar refractivity (Wildman–Crippen MR) is 92.0 cm³/mol. The molecule has 2 aromatic carbocycles. The molecule has 116 valence electrons. The number of benzene rings is 2. The minimum Gasteiger partial charge on any atom is -0.483 e. The van der Waals surface area contributed by atoms with E-state index in [1.807, 2.05) is 48.5 Å². The highest BCUT2D eigenvalue weighted by molar-refractivity contribution is 9.10. The largest absolute Gasteiger partial charge is 0.483 e. The average Bonchev–Trinajstić information content (AvgIpc) is 2.52. The van der Waals surface area contributed by atoms with Gasteiger partial charge >= 0.3 is 0 Å². The van der Waals surface area contributed by atoms with Crippen LogP contribution in [0.2, 0.25) is 0 Å². The number of amides is 1. The number of halogens is 1. The van der Waals surface area contributed by atoms with Crippen LogP contribution in [0.3, 0.4) is 0 Å². The van der Waals surface area contributed by atoms with Crippen LogP contribution in [-0.2, 0) is 11.3 Å². The van der Waals surface area contributed by atoms with Crippen molar-refractivity contribution in [3.8, 4) is 5.75 Å². The number of carbonyl (C=O) groups excluding carboxylic acids is 1. The second-order valence-corrected chi connectivity index (χ2v) is 6.30. The third-order valence-electron chi connectivity index (χ3n) is 3.29. The van der Waals surface area contributed by atoms with Gasteiger partial charge in [0.25, 0.3) is 5.91 Å². The molecule has 1 amide bonds. The van der Waals surface area contributed by atoms with Crippen LogP contribution in [0.15, 0.2) is 53.0 Å². The van der Waals surface area contributed by atoms with Gasteiger partial charge in [0.05, 0.1) is 0 Å². The van der Waals surface area contributed by atoms with Crippen molar-refractivity contribution in [1.82, 2.24) is 5.32 Å². The molecule has 0 bridgehead atoms. The highest BCUT2D eigenvalue weighted by atomic mass is 79.9. The molecule has 0 fully saturated rings. The normalized spacial score (nSPS) is 10.5. The van der Waals surface area contributed by atoms with Crippen LogP contribution in [0, 0.1) is 0 Å². The zero-order valence-corrected chi connectivity index (χ0v) is 14.4. The first-order valence-electron chi connectivity index (χ1n) is 7.29. The van der Waals surface area contributed by atoms with Gasteiger partial charge in [-0.25, -0.2) is 0 Å². The lowest BCUT2D eigenvalue weighted by Gasteiger charge is -2.14. The average molecular weight is 362 g/mol. The van der Waals surface area contributed by atoms with Gasteiger partial charge in [-0.1, -0.05) is 60.1 Å². The first-order valence-corrected chi connectivity index (χ1v) is 8.08. The van der Waals surface area contributed by atoms with E-state index < -0.39 is 0 Å². The maximum Gasteiger partial charge on any atom is 0.258 e. The Balaban J connectivity index is 1.89. The summed E-state index contributed by atoms with van der Waals surface area (Å²) in [5.41, 5.74) is 2.16. The summed E-state index contributed by atoms with van der Waals surface area (Å²) >= 11 is 3.46. The molecule has 0 radical (unpaired) electrons. The Bertz CT molecular complexity index is 626. The van der Waals surface area contributed by atoms with Crippen LogP contribution >= 0.6 is 15.9 Å². The molecule has 0 heterocycles. The zero-order valence-electron chi connectivity index (χ0n) is 12.8. The third-order valence-corrected chi connectivity index (χ3v) is 3.78. The van der Waals surface area contributed by atoms with Crippen molar-refractivity contribution in [2.75, 3.05) is 6.61 Å². The highest BCUT2D eigenvalue weighted by Crippen LogP contribution is 2.29. The van der Waals surface area contributed by atoms with Gasteiger partial charge in [0, 0.05) is 11.0 Å². The Hall–Kier alpha value is -1.81. The maximum atomic E-state index is 11.9. The standard InChI is InChI=1S/C18H20BrNO2/c1-13(2)16-10-15(19)8-9-17(16)22-12-18(21)20-11-14-6-4-3-5-7-14/h3-10,13H,11-12H2,1-2H3,(H,20,21). The minimum absolute atomic E-state index is 0.0220. The monoisotopic (exact) mass is 361 g/mol. The van der Waals surface area contributed by atoms with Gasteiger partial charge in [-0.2, -0.15) is 0 Å². The van der Waals surface area contributed by atoms with Crippen molar-refractivity contribution in [3.05, 3.63) is 64.1 Å². The molecule has 0 unspecified atom stereocenters. The van der Waals surface area contributed by atoms with E-state index in [9.17, 15) is 4.79 Å². The highest BCUT2D eigenvalue weighted by Gasteiger charge is 2.10. The predicted octanol–water partition coefficient (Wildman–Crippen LogP) is 4.27. The molecule has 4 heteroatoms. The van der Waals surface area contributed by atoms with E-state index in [1.165, 1.54) is 0 Å². The summed E-state index contributed by atoms with van der Waals surface area (Å²) in [5.74, 6) is 0.967. The summed E-state index contributed by atoms with van der Waals surface area (Å²) < 4.78 is 6.68. The number of nitrogens with one attached hydrogen (secondary N) is 1. The molecule has 0 aliphatic carbocycles. The summed E-state index contributed by atoms with van der Waals surface area (Å²) in [4.78, 5) is 11.9. The van der Waals surface area contributed by atoms with Crippen LogP contribution in [0.4, 0.5) is 0 Å². The first kappa shape index (κ1) is 16.6. The van der Waals surface area contributed by atoms with Gasteiger partial charge in [0.15, 0.2) is 6.61 Å².